The van der Waals surface area contributed by atoms with E-state index in [1.165, 1.54) is 38.5 Å². The third kappa shape index (κ3) is 3.00. The van der Waals surface area contributed by atoms with Crippen LogP contribution in [0.3, 0.4) is 0 Å². The summed E-state index contributed by atoms with van der Waals surface area (Å²) in [5, 5.41) is 0. The molecular formula is C12H22. The zero-order chi connectivity index (χ0) is 9.03. The predicted molar refractivity (Wildman–Crippen MR) is 55.2 cm³/mol. The Morgan fingerprint density at radius 3 is 2.42 bits per heavy atom. The maximum Gasteiger partial charge on any atom is -0.0266 e. The summed E-state index contributed by atoms with van der Waals surface area (Å²) in [7, 11) is 0. The van der Waals surface area contributed by atoms with Crippen LogP contribution in [0.4, 0.5) is 0 Å². The molecule has 1 aliphatic carbocycles. The van der Waals surface area contributed by atoms with Gasteiger partial charge < -0.3 is 0 Å². The normalized spacial score (nSPS) is 21.1. The molecule has 70 valence electrons. The largest absolute Gasteiger partial charge is 0.0856 e. The molecule has 1 rings (SSSR count). The minimum absolute atomic E-state index is 0.705. The van der Waals surface area contributed by atoms with Crippen molar-refractivity contribution in [2.45, 2.75) is 59.3 Å². The Balaban J connectivity index is 2.37. The summed E-state index contributed by atoms with van der Waals surface area (Å²) in [6.45, 7) is 6.94. The lowest BCUT2D eigenvalue weighted by molar-refractivity contribution is 0.551. The van der Waals surface area contributed by atoms with Crippen LogP contribution in [-0.2, 0) is 0 Å². The van der Waals surface area contributed by atoms with Crippen LogP contribution in [0.25, 0.3) is 0 Å². The predicted octanol–water partition coefficient (Wildman–Crippen LogP) is 4.31. The van der Waals surface area contributed by atoms with Gasteiger partial charge in [-0.1, -0.05) is 38.8 Å². The summed E-state index contributed by atoms with van der Waals surface area (Å²) < 4.78 is 0. The van der Waals surface area contributed by atoms with Gasteiger partial charge >= 0.3 is 0 Å². The third-order valence-electron chi connectivity index (χ3n) is 2.82. The van der Waals surface area contributed by atoms with Gasteiger partial charge in [0.2, 0.25) is 0 Å². The molecule has 0 spiro atoms. The fourth-order valence-electron chi connectivity index (χ4n) is 1.81. The van der Waals surface area contributed by atoms with Gasteiger partial charge in [0.25, 0.3) is 0 Å². The second-order valence-electron chi connectivity index (χ2n) is 4.51. The van der Waals surface area contributed by atoms with Gasteiger partial charge in [-0.3, -0.25) is 0 Å². The van der Waals surface area contributed by atoms with E-state index in [-0.39, 0.29) is 0 Å². The fourth-order valence-corrected chi connectivity index (χ4v) is 1.81. The molecule has 1 saturated carbocycles. The van der Waals surface area contributed by atoms with Crippen LogP contribution in [0.2, 0.25) is 0 Å². The van der Waals surface area contributed by atoms with E-state index in [0.29, 0.717) is 5.41 Å². The van der Waals surface area contributed by atoms with Crippen LogP contribution in [0.1, 0.15) is 59.3 Å². The van der Waals surface area contributed by atoms with Gasteiger partial charge in [0.1, 0.15) is 0 Å². The summed E-state index contributed by atoms with van der Waals surface area (Å²) in [5.41, 5.74) is 2.41. The zero-order valence-electron chi connectivity index (χ0n) is 8.82. The van der Waals surface area contributed by atoms with Gasteiger partial charge in [0.05, 0.1) is 0 Å². The van der Waals surface area contributed by atoms with E-state index in [9.17, 15) is 0 Å². The molecule has 1 fully saturated rings. The van der Waals surface area contributed by atoms with Gasteiger partial charge in [-0.05, 0) is 37.5 Å². The van der Waals surface area contributed by atoms with E-state index >= 15 is 0 Å². The molecule has 0 unspecified atom stereocenters. The van der Waals surface area contributed by atoms with Gasteiger partial charge in [-0.15, -0.1) is 0 Å². The van der Waals surface area contributed by atoms with Gasteiger partial charge in [-0.25, -0.2) is 0 Å². The van der Waals surface area contributed by atoms with E-state index < -0.39 is 0 Å². The molecule has 0 N–H and O–H groups in total. The highest BCUT2D eigenvalue weighted by Crippen LogP contribution is 2.50. The first-order valence-corrected chi connectivity index (χ1v) is 5.38. The van der Waals surface area contributed by atoms with Crippen molar-refractivity contribution in [2.24, 2.45) is 5.41 Å². The fraction of sp³-hybridized carbons (Fsp3) is 0.833. The number of rotatable bonds is 5. The van der Waals surface area contributed by atoms with Crippen LogP contribution in [0.5, 0.6) is 0 Å². The molecule has 0 radical (unpaired) electrons. The lowest BCUT2D eigenvalue weighted by atomic mass is 9.95. The van der Waals surface area contributed by atoms with Crippen LogP contribution in [0.15, 0.2) is 11.6 Å². The minimum Gasteiger partial charge on any atom is -0.0856 e. The number of hydrogen-bond acceptors (Lipinski definition) is 0. The van der Waals surface area contributed by atoms with Crippen molar-refractivity contribution < 1.29 is 0 Å². The average Bonchev–Trinajstić information content (AvgIpc) is 2.69. The molecule has 0 heteroatoms. The van der Waals surface area contributed by atoms with Crippen LogP contribution in [0, 0.1) is 5.41 Å². The summed E-state index contributed by atoms with van der Waals surface area (Å²) >= 11 is 0. The highest BCUT2D eigenvalue weighted by Gasteiger charge is 2.37. The van der Waals surface area contributed by atoms with E-state index in [4.69, 9.17) is 0 Å². The molecule has 0 saturated heterocycles. The molecule has 0 bridgehead atoms. The van der Waals surface area contributed by atoms with Crippen LogP contribution in [-0.4, -0.2) is 0 Å². The molecule has 0 heterocycles. The first kappa shape index (κ1) is 9.83. The van der Waals surface area contributed by atoms with E-state index in [0.717, 1.165) is 0 Å². The third-order valence-corrected chi connectivity index (χ3v) is 2.82. The Kier molecular flexibility index (Phi) is 3.37. The lowest BCUT2D eigenvalue weighted by Gasteiger charge is -2.11. The summed E-state index contributed by atoms with van der Waals surface area (Å²) in [5.74, 6) is 0. The molecular weight excluding hydrogens is 144 g/mol. The minimum atomic E-state index is 0.705. The van der Waals surface area contributed by atoms with Crippen molar-refractivity contribution in [1.82, 2.24) is 0 Å². The molecule has 0 amide bonds. The monoisotopic (exact) mass is 166 g/mol. The Morgan fingerprint density at radius 2 is 2.00 bits per heavy atom. The second-order valence-corrected chi connectivity index (χ2v) is 4.51. The number of hydrogen-bond donors (Lipinski definition) is 0. The van der Waals surface area contributed by atoms with E-state index in [1.54, 1.807) is 5.57 Å². The molecule has 1 aliphatic rings. The zero-order valence-corrected chi connectivity index (χ0v) is 8.82. The molecule has 0 aromatic heterocycles. The van der Waals surface area contributed by atoms with Crippen molar-refractivity contribution in [2.75, 3.05) is 0 Å². The van der Waals surface area contributed by atoms with Crippen LogP contribution >= 0.6 is 0 Å². The molecule has 0 atom stereocenters. The smallest absolute Gasteiger partial charge is 0.0266 e. The Labute approximate surface area is 77.1 Å². The molecule has 12 heavy (non-hydrogen) atoms. The highest BCUT2D eigenvalue weighted by molar-refractivity contribution is 5.08. The van der Waals surface area contributed by atoms with Crippen molar-refractivity contribution in [3.63, 3.8) is 0 Å². The SMILES string of the molecule is CC/C=C(\CCC)CC1(C)CC1. The number of allylic oxidation sites excluding steroid dienone is 2. The maximum absolute atomic E-state index is 2.44. The second kappa shape index (κ2) is 4.11. The van der Waals surface area contributed by atoms with E-state index in [1.807, 2.05) is 0 Å². The maximum atomic E-state index is 2.44. The van der Waals surface area contributed by atoms with Crippen molar-refractivity contribution in [3.8, 4) is 0 Å². The van der Waals surface area contributed by atoms with Crippen LogP contribution < -0.4 is 0 Å². The van der Waals surface area contributed by atoms with E-state index in [2.05, 4.69) is 26.8 Å². The standard InChI is InChI=1S/C12H22/c1-4-6-11(7-5-2)10-12(3)8-9-12/h6H,4-5,7-10H2,1-3H3/b11-6+. The summed E-state index contributed by atoms with van der Waals surface area (Å²) in [6, 6.07) is 0. The highest BCUT2D eigenvalue weighted by atomic mass is 14.4. The van der Waals surface area contributed by atoms with Crippen molar-refractivity contribution in [3.05, 3.63) is 11.6 Å². The van der Waals surface area contributed by atoms with Gasteiger partial charge in [-0.2, -0.15) is 0 Å². The first-order chi connectivity index (χ1) is 5.70. The first-order valence-electron chi connectivity index (χ1n) is 5.38. The molecule has 0 aromatic carbocycles. The Bertz CT molecular complexity index is 161. The average molecular weight is 166 g/mol. The quantitative estimate of drug-likeness (QED) is 0.534. The van der Waals surface area contributed by atoms with Crippen molar-refractivity contribution in [1.29, 1.82) is 0 Å². The van der Waals surface area contributed by atoms with Gasteiger partial charge in [0, 0.05) is 0 Å². The summed E-state index contributed by atoms with van der Waals surface area (Å²) in [4.78, 5) is 0. The summed E-state index contributed by atoms with van der Waals surface area (Å²) in [6.07, 6.45) is 10.6. The molecule has 0 aliphatic heterocycles. The molecule has 0 aromatic rings. The Morgan fingerprint density at radius 1 is 1.33 bits per heavy atom. The molecule has 0 nitrogen and oxygen atoms in total. The Hall–Kier alpha value is -0.260. The van der Waals surface area contributed by atoms with Crippen molar-refractivity contribution >= 4 is 0 Å². The topological polar surface area (TPSA) is 0 Å². The van der Waals surface area contributed by atoms with Gasteiger partial charge in [0.15, 0.2) is 0 Å². The lowest BCUT2D eigenvalue weighted by Crippen LogP contribution is -1.96.